The summed E-state index contributed by atoms with van der Waals surface area (Å²) in [4.78, 5) is 26.9. The van der Waals surface area contributed by atoms with Gasteiger partial charge in [0.25, 0.3) is 0 Å². The molecule has 1 aliphatic rings. The van der Waals surface area contributed by atoms with Crippen molar-refractivity contribution < 1.29 is 14.3 Å². The smallest absolute Gasteiger partial charge is 0.248 e. The Labute approximate surface area is 156 Å². The molecule has 1 atom stereocenters. The van der Waals surface area contributed by atoms with Gasteiger partial charge in [-0.1, -0.05) is 6.07 Å². The Bertz CT molecular complexity index is 725. The predicted octanol–water partition coefficient (Wildman–Crippen LogP) is 2.47. The van der Waals surface area contributed by atoms with E-state index in [0.717, 1.165) is 32.5 Å². The molecule has 2 aromatic rings. The zero-order valence-electron chi connectivity index (χ0n) is 14.5. The number of anilines is 1. The molecule has 2 heterocycles. The van der Waals surface area contributed by atoms with Gasteiger partial charge in [-0.2, -0.15) is 0 Å². The van der Waals surface area contributed by atoms with Gasteiger partial charge in [0.1, 0.15) is 0 Å². The highest BCUT2D eigenvalue weighted by molar-refractivity contribution is 7.09. The number of hydrogen-bond acceptors (Lipinski definition) is 5. The van der Waals surface area contributed by atoms with Crippen molar-refractivity contribution in [1.82, 2.24) is 4.90 Å². The first-order valence-corrected chi connectivity index (χ1v) is 9.54. The monoisotopic (exact) mass is 373 g/mol. The van der Waals surface area contributed by atoms with Gasteiger partial charge in [-0.3, -0.25) is 14.5 Å². The number of amides is 2. The number of primary amides is 1. The van der Waals surface area contributed by atoms with Gasteiger partial charge < -0.3 is 15.8 Å². The largest absolute Gasteiger partial charge is 0.377 e. The molecule has 0 bridgehead atoms. The molecule has 7 heteroatoms. The molecule has 0 spiro atoms. The molecular weight excluding hydrogens is 350 g/mol. The third-order valence-corrected chi connectivity index (χ3v) is 5.13. The fourth-order valence-corrected chi connectivity index (χ4v) is 3.75. The number of nitrogens with one attached hydrogen (secondary N) is 1. The molecule has 26 heavy (non-hydrogen) atoms. The number of rotatable bonds is 8. The lowest BCUT2D eigenvalue weighted by Gasteiger charge is -2.24. The van der Waals surface area contributed by atoms with Crippen LogP contribution in [0.4, 0.5) is 5.69 Å². The van der Waals surface area contributed by atoms with E-state index in [9.17, 15) is 9.59 Å². The maximum absolute atomic E-state index is 12.5. The second kappa shape index (κ2) is 8.93. The Morgan fingerprint density at radius 2 is 2.08 bits per heavy atom. The number of thiophene rings is 1. The molecule has 1 aromatic heterocycles. The van der Waals surface area contributed by atoms with Crippen LogP contribution in [0.5, 0.6) is 0 Å². The van der Waals surface area contributed by atoms with E-state index >= 15 is 0 Å². The summed E-state index contributed by atoms with van der Waals surface area (Å²) >= 11 is 1.69. The highest BCUT2D eigenvalue weighted by atomic mass is 32.1. The Hall–Kier alpha value is -2.22. The van der Waals surface area contributed by atoms with Crippen LogP contribution in [0.3, 0.4) is 0 Å². The number of nitrogens with two attached hydrogens (primary N) is 1. The van der Waals surface area contributed by atoms with Crippen LogP contribution in [0.1, 0.15) is 28.1 Å². The standard InChI is InChI=1S/C19H23N3O3S/c20-19(24)14-5-7-15(8-6-14)21-18(23)13-22(11-16-3-1-9-25-16)12-17-4-2-10-26-17/h2,4-8,10,16H,1,3,9,11-13H2,(H2,20,24)(H,21,23)/t16-/m1/s1. The Kier molecular flexibility index (Phi) is 6.38. The summed E-state index contributed by atoms with van der Waals surface area (Å²) in [5, 5.41) is 4.91. The lowest BCUT2D eigenvalue weighted by atomic mass is 10.2. The molecule has 2 amide bonds. The summed E-state index contributed by atoms with van der Waals surface area (Å²) in [6.07, 6.45) is 2.31. The molecule has 3 rings (SSSR count). The summed E-state index contributed by atoms with van der Waals surface area (Å²) in [5.41, 5.74) is 6.29. The topological polar surface area (TPSA) is 84.7 Å². The molecule has 1 saturated heterocycles. The minimum Gasteiger partial charge on any atom is -0.377 e. The number of benzene rings is 1. The van der Waals surface area contributed by atoms with Crippen molar-refractivity contribution in [2.24, 2.45) is 5.73 Å². The van der Waals surface area contributed by atoms with Gasteiger partial charge >= 0.3 is 0 Å². The van der Waals surface area contributed by atoms with E-state index in [4.69, 9.17) is 10.5 Å². The van der Waals surface area contributed by atoms with Crippen molar-refractivity contribution in [2.75, 3.05) is 25.0 Å². The van der Waals surface area contributed by atoms with Crippen LogP contribution >= 0.6 is 11.3 Å². The summed E-state index contributed by atoms with van der Waals surface area (Å²) in [5.74, 6) is -0.576. The Morgan fingerprint density at radius 1 is 1.27 bits per heavy atom. The molecule has 1 aromatic carbocycles. The van der Waals surface area contributed by atoms with Crippen LogP contribution in [0.15, 0.2) is 41.8 Å². The molecule has 6 nitrogen and oxygen atoms in total. The van der Waals surface area contributed by atoms with E-state index in [1.54, 1.807) is 35.6 Å². The van der Waals surface area contributed by atoms with Crippen LogP contribution in [-0.4, -0.2) is 42.5 Å². The molecule has 3 N–H and O–H groups in total. The summed E-state index contributed by atoms with van der Waals surface area (Å²) in [6.45, 7) is 2.56. The minimum atomic E-state index is -0.485. The normalized spacial score (nSPS) is 16.7. The van der Waals surface area contributed by atoms with Crippen molar-refractivity contribution in [3.8, 4) is 0 Å². The maximum atomic E-state index is 12.5. The number of carbonyl (C=O) groups is 2. The van der Waals surface area contributed by atoms with Crippen LogP contribution in [0.2, 0.25) is 0 Å². The first-order chi connectivity index (χ1) is 12.6. The van der Waals surface area contributed by atoms with Crippen molar-refractivity contribution >= 4 is 28.8 Å². The second-order valence-corrected chi connectivity index (χ2v) is 7.41. The SMILES string of the molecule is NC(=O)c1ccc(NC(=O)CN(Cc2cccs2)C[C@H]2CCCO2)cc1. The van der Waals surface area contributed by atoms with E-state index in [-0.39, 0.29) is 18.6 Å². The lowest BCUT2D eigenvalue weighted by Crippen LogP contribution is -2.37. The van der Waals surface area contributed by atoms with Gasteiger partial charge in [-0.25, -0.2) is 0 Å². The lowest BCUT2D eigenvalue weighted by molar-refractivity contribution is -0.117. The molecule has 1 aliphatic heterocycles. The zero-order chi connectivity index (χ0) is 18.4. The van der Waals surface area contributed by atoms with Crippen molar-refractivity contribution in [2.45, 2.75) is 25.5 Å². The van der Waals surface area contributed by atoms with E-state index in [1.807, 2.05) is 11.4 Å². The number of nitrogens with zero attached hydrogens (tertiary/aromatic N) is 1. The minimum absolute atomic E-state index is 0.0913. The van der Waals surface area contributed by atoms with Gasteiger partial charge in [-0.15, -0.1) is 11.3 Å². The Balaban J connectivity index is 1.58. The van der Waals surface area contributed by atoms with Crippen LogP contribution in [0, 0.1) is 0 Å². The fraction of sp³-hybridized carbons (Fsp3) is 0.368. The van der Waals surface area contributed by atoms with Gasteiger partial charge in [0, 0.05) is 35.8 Å². The van der Waals surface area contributed by atoms with Gasteiger partial charge in [0.2, 0.25) is 11.8 Å². The van der Waals surface area contributed by atoms with Gasteiger partial charge in [0.15, 0.2) is 0 Å². The fourth-order valence-electron chi connectivity index (χ4n) is 3.01. The third-order valence-electron chi connectivity index (χ3n) is 4.27. The average molecular weight is 373 g/mol. The first-order valence-electron chi connectivity index (χ1n) is 8.66. The Morgan fingerprint density at radius 3 is 2.69 bits per heavy atom. The van der Waals surface area contributed by atoms with Crippen LogP contribution in [0.25, 0.3) is 0 Å². The van der Waals surface area contributed by atoms with Gasteiger partial charge in [0.05, 0.1) is 12.6 Å². The van der Waals surface area contributed by atoms with Crippen LogP contribution < -0.4 is 11.1 Å². The first kappa shape index (κ1) is 18.6. The van der Waals surface area contributed by atoms with Gasteiger partial charge in [-0.05, 0) is 48.6 Å². The number of carbonyl (C=O) groups excluding carboxylic acids is 2. The average Bonchev–Trinajstić information content (AvgIpc) is 3.29. The summed E-state index contributed by atoms with van der Waals surface area (Å²) in [7, 11) is 0. The highest BCUT2D eigenvalue weighted by Crippen LogP contribution is 2.17. The highest BCUT2D eigenvalue weighted by Gasteiger charge is 2.21. The summed E-state index contributed by atoms with van der Waals surface area (Å²) in [6, 6.07) is 10.7. The molecular formula is C19H23N3O3S. The van der Waals surface area contributed by atoms with Crippen LogP contribution in [-0.2, 0) is 16.1 Å². The zero-order valence-corrected chi connectivity index (χ0v) is 15.3. The molecule has 0 radical (unpaired) electrons. The van der Waals surface area contributed by atoms with Crippen molar-refractivity contribution in [3.63, 3.8) is 0 Å². The van der Waals surface area contributed by atoms with E-state index in [0.29, 0.717) is 11.3 Å². The maximum Gasteiger partial charge on any atom is 0.248 e. The van der Waals surface area contributed by atoms with Crippen molar-refractivity contribution in [1.29, 1.82) is 0 Å². The van der Waals surface area contributed by atoms with E-state index < -0.39 is 5.91 Å². The number of ether oxygens (including phenoxy) is 1. The molecule has 0 aliphatic carbocycles. The van der Waals surface area contributed by atoms with Crippen molar-refractivity contribution in [3.05, 3.63) is 52.2 Å². The molecule has 0 unspecified atom stereocenters. The van der Waals surface area contributed by atoms with E-state index in [2.05, 4.69) is 16.3 Å². The second-order valence-electron chi connectivity index (χ2n) is 6.37. The molecule has 1 fully saturated rings. The predicted molar refractivity (Wildman–Crippen MR) is 102 cm³/mol. The quantitative estimate of drug-likeness (QED) is 0.744. The summed E-state index contributed by atoms with van der Waals surface area (Å²) < 4.78 is 5.72. The third kappa shape index (κ3) is 5.39. The molecule has 0 saturated carbocycles. The molecule has 138 valence electrons. The number of hydrogen-bond donors (Lipinski definition) is 2. The van der Waals surface area contributed by atoms with E-state index in [1.165, 1.54) is 4.88 Å².